The number of hydrogen-bond donors (Lipinski definition) is 1. The van der Waals surface area contributed by atoms with Gasteiger partial charge in [-0.15, -0.1) is 5.10 Å². The molecule has 5 rings (SSSR count). The number of ether oxygens (including phenoxy) is 1. The first-order valence-corrected chi connectivity index (χ1v) is 12.8. The van der Waals surface area contributed by atoms with Crippen LogP contribution in [0.2, 0.25) is 0 Å². The van der Waals surface area contributed by atoms with Gasteiger partial charge in [-0.3, -0.25) is 9.69 Å². The molecule has 1 aliphatic heterocycles. The highest BCUT2D eigenvalue weighted by Crippen LogP contribution is 2.29. The van der Waals surface area contributed by atoms with E-state index in [4.69, 9.17) is 9.15 Å². The number of nitrogens with zero attached hydrogens (tertiary/aromatic N) is 5. The zero-order valence-electron chi connectivity index (χ0n) is 21.2. The lowest BCUT2D eigenvalue weighted by atomic mass is 10.0. The van der Waals surface area contributed by atoms with Crippen molar-refractivity contribution in [1.29, 1.82) is 0 Å². The van der Waals surface area contributed by atoms with Gasteiger partial charge in [-0.1, -0.05) is 25.0 Å². The Morgan fingerprint density at radius 1 is 1.28 bits per heavy atom. The minimum absolute atomic E-state index is 0.0581. The maximum Gasteiger partial charge on any atom is 0.252 e. The average Bonchev–Trinajstić information content (AvgIpc) is 3.62. The van der Waals surface area contributed by atoms with Gasteiger partial charge in [0, 0.05) is 25.3 Å². The lowest BCUT2D eigenvalue weighted by Gasteiger charge is -2.32. The molecule has 1 saturated heterocycles. The van der Waals surface area contributed by atoms with E-state index in [-0.39, 0.29) is 17.7 Å². The monoisotopic (exact) mass is 490 g/mol. The quantitative estimate of drug-likeness (QED) is 0.354. The van der Waals surface area contributed by atoms with Gasteiger partial charge in [0.25, 0.3) is 5.56 Å². The van der Waals surface area contributed by atoms with E-state index >= 15 is 0 Å². The van der Waals surface area contributed by atoms with Crippen LogP contribution in [0.4, 0.5) is 0 Å². The topological polar surface area (TPSA) is 102 Å². The Bertz CT molecular complexity index is 1350. The normalized spacial score (nSPS) is 16.8. The molecule has 1 aliphatic rings. The van der Waals surface area contributed by atoms with E-state index in [1.54, 1.807) is 10.9 Å². The third kappa shape index (κ3) is 5.27. The first kappa shape index (κ1) is 24.4. The molecule has 0 saturated carbocycles. The molecule has 0 aliphatic carbocycles. The zero-order valence-corrected chi connectivity index (χ0v) is 21.2. The van der Waals surface area contributed by atoms with E-state index in [0.29, 0.717) is 19.6 Å². The van der Waals surface area contributed by atoms with E-state index in [2.05, 4.69) is 51.4 Å². The van der Waals surface area contributed by atoms with Gasteiger partial charge in [-0.2, -0.15) is 0 Å². The van der Waals surface area contributed by atoms with Crippen LogP contribution in [0.15, 0.2) is 45.8 Å². The molecule has 9 nitrogen and oxygen atoms in total. The third-order valence-corrected chi connectivity index (χ3v) is 6.95. The van der Waals surface area contributed by atoms with Crippen LogP contribution in [-0.2, 0) is 17.8 Å². The van der Waals surface area contributed by atoms with E-state index in [1.165, 1.54) is 5.56 Å². The summed E-state index contributed by atoms with van der Waals surface area (Å²) in [6.07, 6.45) is 5.66. The first-order chi connectivity index (χ1) is 17.5. The molecule has 0 unspecified atom stereocenters. The number of rotatable bonds is 10. The standard InChI is InChI=1S/C27H34N6O3/c1-4-7-24(26-29-30-31-33(26)17-23-9-6-11-36-23)32(16-22-8-5-10-35-22)15-21-14-20-13-18(2)12-19(3)25(20)28-27(21)34/h6,9,11-14,22,24H,4-5,7-8,10,15-17H2,1-3H3,(H,28,34)/t22-,24+/m1/s1. The van der Waals surface area contributed by atoms with Crippen LogP contribution in [0.25, 0.3) is 10.9 Å². The molecule has 0 amide bonds. The number of aromatic nitrogens is 5. The number of aromatic amines is 1. The molecule has 3 aromatic heterocycles. The fraction of sp³-hybridized carbons (Fsp3) is 0.481. The zero-order chi connectivity index (χ0) is 25.1. The summed E-state index contributed by atoms with van der Waals surface area (Å²) in [4.78, 5) is 18.7. The highest BCUT2D eigenvalue weighted by molar-refractivity contribution is 5.82. The summed E-state index contributed by atoms with van der Waals surface area (Å²) in [7, 11) is 0. The highest BCUT2D eigenvalue weighted by Gasteiger charge is 2.30. The van der Waals surface area contributed by atoms with Gasteiger partial charge < -0.3 is 14.1 Å². The van der Waals surface area contributed by atoms with Crippen molar-refractivity contribution in [3.8, 4) is 0 Å². The summed E-state index contributed by atoms with van der Waals surface area (Å²) in [5, 5.41) is 13.8. The van der Waals surface area contributed by atoms with Gasteiger partial charge in [0.05, 0.1) is 23.9 Å². The Balaban J connectivity index is 1.51. The Labute approximate surface area is 210 Å². The van der Waals surface area contributed by atoms with Crippen molar-refractivity contribution in [3.63, 3.8) is 0 Å². The summed E-state index contributed by atoms with van der Waals surface area (Å²) in [5.41, 5.74) is 3.82. The molecule has 2 atom stereocenters. The number of tetrazole rings is 1. The number of benzene rings is 1. The van der Waals surface area contributed by atoms with Gasteiger partial charge in [-0.25, -0.2) is 4.68 Å². The van der Waals surface area contributed by atoms with Crippen LogP contribution >= 0.6 is 0 Å². The fourth-order valence-corrected chi connectivity index (χ4v) is 5.28. The van der Waals surface area contributed by atoms with Crippen molar-refractivity contribution >= 4 is 10.9 Å². The molecule has 4 heterocycles. The van der Waals surface area contributed by atoms with Crippen molar-refractivity contribution in [3.05, 3.63) is 75.2 Å². The number of nitrogens with one attached hydrogen (secondary N) is 1. The molecule has 1 N–H and O–H groups in total. The predicted octanol–water partition coefficient (Wildman–Crippen LogP) is 4.30. The van der Waals surface area contributed by atoms with E-state index in [9.17, 15) is 4.79 Å². The second-order valence-corrected chi connectivity index (χ2v) is 9.81. The fourth-order valence-electron chi connectivity index (χ4n) is 5.28. The van der Waals surface area contributed by atoms with Crippen molar-refractivity contribution in [1.82, 2.24) is 30.1 Å². The van der Waals surface area contributed by atoms with Crippen molar-refractivity contribution < 1.29 is 9.15 Å². The van der Waals surface area contributed by atoms with Crippen LogP contribution in [-0.4, -0.2) is 49.3 Å². The Hall–Kier alpha value is -3.30. The van der Waals surface area contributed by atoms with Crippen molar-refractivity contribution in [2.24, 2.45) is 0 Å². The average molecular weight is 491 g/mol. The number of furan rings is 1. The lowest BCUT2D eigenvalue weighted by molar-refractivity contribution is 0.0476. The molecule has 9 heteroatoms. The summed E-state index contributed by atoms with van der Waals surface area (Å²) >= 11 is 0. The van der Waals surface area contributed by atoms with Gasteiger partial charge >= 0.3 is 0 Å². The Kier molecular flexibility index (Phi) is 7.29. The predicted molar refractivity (Wildman–Crippen MR) is 137 cm³/mol. The Morgan fingerprint density at radius 3 is 2.92 bits per heavy atom. The maximum atomic E-state index is 13.2. The minimum Gasteiger partial charge on any atom is -0.467 e. The number of hydrogen-bond acceptors (Lipinski definition) is 7. The maximum absolute atomic E-state index is 13.2. The number of fused-ring (bicyclic) bond motifs is 1. The van der Waals surface area contributed by atoms with Gasteiger partial charge in [0.15, 0.2) is 5.82 Å². The summed E-state index contributed by atoms with van der Waals surface area (Å²) < 4.78 is 13.4. The first-order valence-electron chi connectivity index (χ1n) is 12.8. The smallest absolute Gasteiger partial charge is 0.252 e. The summed E-state index contributed by atoms with van der Waals surface area (Å²) in [6.45, 7) is 8.70. The second-order valence-electron chi connectivity index (χ2n) is 9.81. The van der Waals surface area contributed by atoms with Crippen LogP contribution in [0.3, 0.4) is 0 Å². The molecule has 0 spiro atoms. The molecular weight excluding hydrogens is 456 g/mol. The number of pyridine rings is 1. The van der Waals surface area contributed by atoms with E-state index in [0.717, 1.165) is 65.9 Å². The van der Waals surface area contributed by atoms with Gasteiger partial charge in [0.1, 0.15) is 12.3 Å². The molecular formula is C27H34N6O3. The Morgan fingerprint density at radius 2 is 2.17 bits per heavy atom. The minimum atomic E-state index is -0.0708. The molecule has 1 aromatic carbocycles. The lowest BCUT2D eigenvalue weighted by Crippen LogP contribution is -2.38. The van der Waals surface area contributed by atoms with Crippen LogP contribution in [0, 0.1) is 13.8 Å². The largest absolute Gasteiger partial charge is 0.467 e. The van der Waals surface area contributed by atoms with Crippen molar-refractivity contribution in [2.75, 3.05) is 13.2 Å². The SMILES string of the molecule is CCC[C@@H](c1nnnn1Cc1ccco1)N(Cc1cc2cc(C)cc(C)c2[nH]c1=O)C[C@H]1CCCO1. The van der Waals surface area contributed by atoms with Crippen LogP contribution in [0.1, 0.15) is 66.9 Å². The summed E-state index contributed by atoms with van der Waals surface area (Å²) in [5.74, 6) is 1.57. The van der Waals surface area contributed by atoms with Gasteiger partial charge in [-0.05, 0) is 78.8 Å². The molecule has 0 bridgehead atoms. The van der Waals surface area contributed by atoms with E-state index < -0.39 is 0 Å². The van der Waals surface area contributed by atoms with Crippen molar-refractivity contribution in [2.45, 2.75) is 71.7 Å². The number of H-pyrrole nitrogens is 1. The molecule has 190 valence electrons. The number of aryl methyl sites for hydroxylation is 2. The highest BCUT2D eigenvalue weighted by atomic mass is 16.5. The second kappa shape index (κ2) is 10.8. The summed E-state index contributed by atoms with van der Waals surface area (Å²) in [6, 6.07) is 9.96. The molecule has 0 radical (unpaired) electrons. The third-order valence-electron chi connectivity index (χ3n) is 6.95. The molecule has 4 aromatic rings. The van der Waals surface area contributed by atoms with Gasteiger partial charge in [0.2, 0.25) is 0 Å². The van der Waals surface area contributed by atoms with E-state index in [1.807, 2.05) is 25.1 Å². The molecule has 36 heavy (non-hydrogen) atoms. The van der Waals surface area contributed by atoms with Crippen LogP contribution in [0.5, 0.6) is 0 Å². The molecule has 1 fully saturated rings. The van der Waals surface area contributed by atoms with Crippen LogP contribution < -0.4 is 5.56 Å².